The summed E-state index contributed by atoms with van der Waals surface area (Å²) in [5.74, 6) is 0.221. The van der Waals surface area contributed by atoms with Crippen LogP contribution in [0.25, 0.3) is 0 Å². The van der Waals surface area contributed by atoms with Gasteiger partial charge in [0.2, 0.25) is 0 Å². The maximum Gasteiger partial charge on any atom is 0.272 e. The Morgan fingerprint density at radius 1 is 1.15 bits per heavy atom. The number of aromatic hydroxyl groups is 1. The number of nitrogens with zero attached hydrogens (tertiary/aromatic N) is 1. The number of hydrogen-bond donors (Lipinski definition) is 2. The zero-order valence-corrected chi connectivity index (χ0v) is 11.4. The van der Waals surface area contributed by atoms with Crippen LogP contribution < -0.4 is 5.32 Å². The third-order valence-electron chi connectivity index (χ3n) is 3.16. The molecule has 5 nitrogen and oxygen atoms in total. The first kappa shape index (κ1) is 13.9. The first-order chi connectivity index (χ1) is 9.47. The number of nitro groups is 1. The highest BCUT2D eigenvalue weighted by molar-refractivity contribution is 5.54. The Hall–Kier alpha value is -2.56. The van der Waals surface area contributed by atoms with Gasteiger partial charge in [0.05, 0.1) is 4.92 Å². The molecule has 0 spiro atoms. The first-order valence-corrected chi connectivity index (χ1v) is 6.25. The van der Waals surface area contributed by atoms with Gasteiger partial charge in [-0.1, -0.05) is 12.1 Å². The summed E-state index contributed by atoms with van der Waals surface area (Å²) in [6, 6.07) is 10.3. The van der Waals surface area contributed by atoms with Gasteiger partial charge >= 0.3 is 0 Å². The molecule has 0 saturated carbocycles. The van der Waals surface area contributed by atoms with Gasteiger partial charge in [0.1, 0.15) is 5.75 Å². The van der Waals surface area contributed by atoms with E-state index in [4.69, 9.17) is 0 Å². The van der Waals surface area contributed by atoms with Gasteiger partial charge in [-0.15, -0.1) is 0 Å². The minimum absolute atomic E-state index is 0.131. The van der Waals surface area contributed by atoms with Crippen LogP contribution in [-0.4, -0.2) is 10.0 Å². The molecule has 0 radical (unpaired) electrons. The summed E-state index contributed by atoms with van der Waals surface area (Å²) in [6.45, 7) is 4.10. The van der Waals surface area contributed by atoms with Crippen molar-refractivity contribution in [3.05, 3.63) is 63.2 Å². The lowest BCUT2D eigenvalue weighted by Gasteiger charge is -2.10. The molecule has 0 fully saturated rings. The highest BCUT2D eigenvalue weighted by Gasteiger charge is 2.10. The van der Waals surface area contributed by atoms with Crippen LogP contribution in [-0.2, 0) is 6.54 Å². The molecule has 0 aliphatic heterocycles. The molecular weight excluding hydrogens is 256 g/mol. The lowest BCUT2D eigenvalue weighted by molar-refractivity contribution is -0.385. The minimum Gasteiger partial charge on any atom is -0.508 e. The molecule has 5 heteroatoms. The molecule has 0 aliphatic carbocycles. The normalized spacial score (nSPS) is 10.3. The maximum absolute atomic E-state index is 10.9. The van der Waals surface area contributed by atoms with Gasteiger partial charge < -0.3 is 10.4 Å². The minimum atomic E-state index is -0.370. The smallest absolute Gasteiger partial charge is 0.272 e. The molecule has 0 amide bonds. The molecule has 0 saturated heterocycles. The molecule has 20 heavy (non-hydrogen) atoms. The lowest BCUT2D eigenvalue weighted by Crippen LogP contribution is -2.02. The fourth-order valence-electron chi connectivity index (χ4n) is 2.01. The number of benzene rings is 2. The highest BCUT2D eigenvalue weighted by Crippen LogP contribution is 2.23. The maximum atomic E-state index is 10.9. The SMILES string of the molecule is Cc1cc(O)ccc1NCc1ccc(C)c([N+](=O)[O-])c1. The third-order valence-corrected chi connectivity index (χ3v) is 3.16. The van der Waals surface area contributed by atoms with E-state index in [-0.39, 0.29) is 16.4 Å². The standard InChI is InChI=1S/C15H16N2O3/c1-10-3-4-12(8-15(10)17(19)20)9-16-14-6-5-13(18)7-11(14)2/h3-8,16,18H,9H2,1-2H3. The van der Waals surface area contributed by atoms with Gasteiger partial charge in [0, 0.05) is 23.9 Å². The molecule has 2 N–H and O–H groups in total. The van der Waals surface area contributed by atoms with Crippen molar-refractivity contribution in [3.63, 3.8) is 0 Å². The Morgan fingerprint density at radius 3 is 2.55 bits per heavy atom. The average Bonchev–Trinajstić information content (AvgIpc) is 2.39. The lowest BCUT2D eigenvalue weighted by atomic mass is 10.1. The Bertz CT molecular complexity index is 654. The summed E-state index contributed by atoms with van der Waals surface area (Å²) >= 11 is 0. The van der Waals surface area contributed by atoms with Crippen LogP contribution in [0.4, 0.5) is 11.4 Å². The average molecular weight is 272 g/mol. The molecule has 2 rings (SSSR count). The van der Waals surface area contributed by atoms with Crippen LogP contribution in [0.5, 0.6) is 5.75 Å². The molecule has 0 heterocycles. The predicted octanol–water partition coefficient (Wildman–Crippen LogP) is 3.53. The number of aryl methyl sites for hydroxylation is 2. The number of nitro benzene ring substituents is 1. The summed E-state index contributed by atoms with van der Waals surface area (Å²) < 4.78 is 0. The van der Waals surface area contributed by atoms with Gasteiger partial charge in [-0.2, -0.15) is 0 Å². The van der Waals surface area contributed by atoms with E-state index in [2.05, 4.69) is 5.32 Å². The van der Waals surface area contributed by atoms with Crippen molar-refractivity contribution < 1.29 is 10.0 Å². The second kappa shape index (κ2) is 5.61. The molecule has 0 aromatic heterocycles. The summed E-state index contributed by atoms with van der Waals surface area (Å²) in [4.78, 5) is 10.5. The molecule has 0 atom stereocenters. The molecule has 0 unspecified atom stereocenters. The van der Waals surface area contributed by atoms with Crippen molar-refractivity contribution >= 4 is 11.4 Å². The highest BCUT2D eigenvalue weighted by atomic mass is 16.6. The number of phenolic OH excluding ortho intramolecular Hbond substituents is 1. The van der Waals surface area contributed by atoms with Crippen molar-refractivity contribution in [2.75, 3.05) is 5.32 Å². The van der Waals surface area contributed by atoms with Crippen LogP contribution in [0.1, 0.15) is 16.7 Å². The van der Waals surface area contributed by atoms with Crippen molar-refractivity contribution in [1.82, 2.24) is 0 Å². The van der Waals surface area contributed by atoms with E-state index in [9.17, 15) is 15.2 Å². The summed E-state index contributed by atoms with van der Waals surface area (Å²) in [7, 11) is 0. The second-order valence-electron chi connectivity index (χ2n) is 4.73. The van der Waals surface area contributed by atoms with E-state index < -0.39 is 0 Å². The Morgan fingerprint density at radius 2 is 1.90 bits per heavy atom. The number of nitrogens with one attached hydrogen (secondary N) is 1. The zero-order valence-electron chi connectivity index (χ0n) is 11.4. The number of rotatable bonds is 4. The van der Waals surface area contributed by atoms with Gasteiger partial charge in [0.15, 0.2) is 0 Å². The summed E-state index contributed by atoms with van der Waals surface area (Å²) in [5, 5.41) is 23.5. The Kier molecular flexibility index (Phi) is 3.89. The van der Waals surface area contributed by atoms with Gasteiger partial charge in [-0.25, -0.2) is 0 Å². The van der Waals surface area contributed by atoms with E-state index in [0.717, 1.165) is 16.8 Å². The molecule has 0 aliphatic rings. The monoisotopic (exact) mass is 272 g/mol. The fraction of sp³-hybridized carbons (Fsp3) is 0.200. The zero-order chi connectivity index (χ0) is 14.7. The van der Waals surface area contributed by atoms with Gasteiger partial charge in [-0.05, 0) is 43.2 Å². The summed E-state index contributed by atoms with van der Waals surface area (Å²) in [6.07, 6.45) is 0. The molecule has 0 bridgehead atoms. The number of hydrogen-bond acceptors (Lipinski definition) is 4. The van der Waals surface area contributed by atoms with Crippen LogP contribution in [0, 0.1) is 24.0 Å². The Labute approximate surface area is 117 Å². The van der Waals surface area contributed by atoms with E-state index >= 15 is 0 Å². The fourth-order valence-corrected chi connectivity index (χ4v) is 2.01. The number of phenols is 1. The predicted molar refractivity (Wildman–Crippen MR) is 78.0 cm³/mol. The van der Waals surface area contributed by atoms with E-state index in [1.165, 1.54) is 0 Å². The number of anilines is 1. The molecule has 2 aromatic carbocycles. The largest absolute Gasteiger partial charge is 0.508 e. The second-order valence-corrected chi connectivity index (χ2v) is 4.73. The summed E-state index contributed by atoms with van der Waals surface area (Å²) in [5.41, 5.74) is 3.44. The topological polar surface area (TPSA) is 75.4 Å². The van der Waals surface area contributed by atoms with E-state index in [0.29, 0.717) is 12.1 Å². The van der Waals surface area contributed by atoms with Crippen LogP contribution in [0.15, 0.2) is 36.4 Å². The van der Waals surface area contributed by atoms with Crippen LogP contribution in [0.2, 0.25) is 0 Å². The van der Waals surface area contributed by atoms with Crippen molar-refractivity contribution in [3.8, 4) is 5.75 Å². The molecule has 104 valence electrons. The quantitative estimate of drug-likeness (QED) is 0.507. The molecular formula is C15H16N2O3. The third kappa shape index (κ3) is 3.06. The van der Waals surface area contributed by atoms with Crippen LogP contribution in [0.3, 0.4) is 0 Å². The van der Waals surface area contributed by atoms with E-state index in [1.807, 2.05) is 13.0 Å². The van der Waals surface area contributed by atoms with E-state index in [1.54, 1.807) is 37.3 Å². The van der Waals surface area contributed by atoms with Crippen molar-refractivity contribution in [1.29, 1.82) is 0 Å². The van der Waals surface area contributed by atoms with Gasteiger partial charge in [0.25, 0.3) is 5.69 Å². The van der Waals surface area contributed by atoms with Crippen LogP contribution >= 0.6 is 0 Å². The van der Waals surface area contributed by atoms with Crippen molar-refractivity contribution in [2.45, 2.75) is 20.4 Å². The molecule has 2 aromatic rings. The van der Waals surface area contributed by atoms with Gasteiger partial charge in [-0.3, -0.25) is 10.1 Å². The Balaban J connectivity index is 2.15. The van der Waals surface area contributed by atoms with Crippen molar-refractivity contribution in [2.24, 2.45) is 0 Å². The first-order valence-electron chi connectivity index (χ1n) is 6.25.